The van der Waals surface area contributed by atoms with Crippen LogP contribution in [0.3, 0.4) is 0 Å². The second-order valence-electron chi connectivity index (χ2n) is 8.08. The topological polar surface area (TPSA) is 72.5 Å². The van der Waals surface area contributed by atoms with Gasteiger partial charge in [-0.2, -0.15) is 0 Å². The number of amides is 1. The Labute approximate surface area is 160 Å². The maximum Gasteiger partial charge on any atom is 0.313 e. The summed E-state index contributed by atoms with van der Waals surface area (Å²) in [5.74, 6) is -0.103. The van der Waals surface area contributed by atoms with Crippen LogP contribution in [0.2, 0.25) is 0 Å². The molecule has 0 radical (unpaired) electrons. The van der Waals surface area contributed by atoms with E-state index in [0.29, 0.717) is 18.8 Å². The van der Waals surface area contributed by atoms with Crippen LogP contribution in [0.4, 0.5) is 0 Å². The van der Waals surface area contributed by atoms with Gasteiger partial charge in [-0.1, -0.05) is 37.1 Å². The molecule has 2 atom stereocenters. The molecule has 1 N–H and O–H groups in total. The Morgan fingerprint density at radius 3 is 2.48 bits per heavy atom. The Kier molecular flexibility index (Phi) is 5.98. The Hall–Kier alpha value is -2.17. The Bertz CT molecular complexity index is 688. The molecule has 2 unspecified atom stereocenters. The number of carbonyl (C=O) groups excluding carboxylic acids is 3. The van der Waals surface area contributed by atoms with Crippen LogP contribution in [0.1, 0.15) is 76.0 Å². The molecule has 0 aromatic heterocycles. The zero-order chi connectivity index (χ0) is 19.4. The minimum Gasteiger partial charge on any atom is -0.458 e. The first kappa shape index (κ1) is 19.6. The summed E-state index contributed by atoms with van der Waals surface area (Å²) in [5.41, 5.74) is 1.59. The minimum atomic E-state index is -0.620. The number of ether oxygens (including phenoxy) is 1. The van der Waals surface area contributed by atoms with Gasteiger partial charge in [0.2, 0.25) is 5.91 Å². The van der Waals surface area contributed by atoms with Crippen LogP contribution in [0.15, 0.2) is 24.3 Å². The number of benzene rings is 1. The number of hydrogen-bond acceptors (Lipinski definition) is 4. The highest BCUT2D eigenvalue weighted by Gasteiger charge is 2.47. The van der Waals surface area contributed by atoms with E-state index in [2.05, 4.69) is 17.4 Å². The largest absolute Gasteiger partial charge is 0.458 e. The van der Waals surface area contributed by atoms with Crippen molar-refractivity contribution >= 4 is 17.7 Å². The molecule has 1 saturated carbocycles. The predicted octanol–water partition coefficient (Wildman–Crippen LogP) is 3.65. The zero-order valence-electron chi connectivity index (χ0n) is 16.3. The summed E-state index contributed by atoms with van der Waals surface area (Å²) in [6.45, 7) is 3.47. The van der Waals surface area contributed by atoms with Crippen molar-refractivity contribution in [2.24, 2.45) is 5.92 Å². The van der Waals surface area contributed by atoms with Crippen LogP contribution in [0.5, 0.6) is 0 Å². The predicted molar refractivity (Wildman–Crippen MR) is 102 cm³/mol. The number of hydrogen-bond donors (Lipinski definition) is 1. The molecule has 1 aromatic rings. The van der Waals surface area contributed by atoms with Crippen molar-refractivity contribution in [3.63, 3.8) is 0 Å². The molecule has 1 saturated heterocycles. The second kappa shape index (κ2) is 8.24. The van der Waals surface area contributed by atoms with E-state index in [-0.39, 0.29) is 30.1 Å². The first-order valence-corrected chi connectivity index (χ1v) is 9.97. The number of nitrogens with one attached hydrogen (secondary N) is 1. The normalized spacial score (nSPS) is 24.5. The van der Waals surface area contributed by atoms with Gasteiger partial charge < -0.3 is 10.1 Å². The van der Waals surface area contributed by atoms with Crippen LogP contribution < -0.4 is 5.32 Å². The lowest BCUT2D eigenvalue weighted by Gasteiger charge is -2.41. The lowest BCUT2D eigenvalue weighted by Crippen LogP contribution is -2.48. The monoisotopic (exact) mass is 371 g/mol. The van der Waals surface area contributed by atoms with E-state index >= 15 is 0 Å². The molecule has 2 aliphatic rings. The van der Waals surface area contributed by atoms with Gasteiger partial charge in [-0.05, 0) is 49.7 Å². The fraction of sp³-hybridized carbons (Fsp3) is 0.591. The number of carbonyl (C=O) groups is 3. The lowest BCUT2D eigenvalue weighted by atomic mass is 9.76. The van der Waals surface area contributed by atoms with E-state index in [0.717, 1.165) is 43.2 Å². The van der Waals surface area contributed by atoms with E-state index in [9.17, 15) is 14.4 Å². The van der Waals surface area contributed by atoms with Crippen LogP contribution >= 0.6 is 0 Å². The van der Waals surface area contributed by atoms with Gasteiger partial charge in [-0.3, -0.25) is 14.4 Å². The van der Waals surface area contributed by atoms with Crippen molar-refractivity contribution in [1.82, 2.24) is 5.32 Å². The third-order valence-electron chi connectivity index (χ3n) is 5.99. The molecule has 27 heavy (non-hydrogen) atoms. The molecule has 0 spiro atoms. The summed E-state index contributed by atoms with van der Waals surface area (Å²) in [7, 11) is 0. The third-order valence-corrected chi connectivity index (χ3v) is 5.99. The van der Waals surface area contributed by atoms with Gasteiger partial charge in [0.25, 0.3) is 0 Å². The van der Waals surface area contributed by atoms with Crippen molar-refractivity contribution in [3.05, 3.63) is 35.4 Å². The summed E-state index contributed by atoms with van der Waals surface area (Å²) in [6.07, 6.45) is 6.11. The standard InChI is InChI=1S/C22H29NO4/c1-15(23-16(2)24)18-9-7-17(8-10-18)11-12-22(19-5-3-4-6-19)14-20(25)13-21(26)27-22/h7-10,15,19H,3-6,11-14H2,1-2H3,(H,23,24). The summed E-state index contributed by atoms with van der Waals surface area (Å²) in [5, 5.41) is 2.88. The molecule has 2 fully saturated rings. The molecule has 5 heteroatoms. The van der Waals surface area contributed by atoms with Crippen LogP contribution in [-0.4, -0.2) is 23.3 Å². The average molecular weight is 371 g/mol. The van der Waals surface area contributed by atoms with E-state index in [4.69, 9.17) is 4.74 Å². The lowest BCUT2D eigenvalue weighted by molar-refractivity contribution is -0.178. The fourth-order valence-electron chi connectivity index (χ4n) is 4.60. The number of rotatable bonds is 6. The Morgan fingerprint density at radius 1 is 1.22 bits per heavy atom. The van der Waals surface area contributed by atoms with Gasteiger partial charge in [0.1, 0.15) is 17.8 Å². The molecule has 1 amide bonds. The van der Waals surface area contributed by atoms with Crippen molar-refractivity contribution in [3.8, 4) is 0 Å². The highest BCUT2D eigenvalue weighted by atomic mass is 16.6. The highest BCUT2D eigenvalue weighted by Crippen LogP contribution is 2.43. The van der Waals surface area contributed by atoms with Gasteiger partial charge in [0, 0.05) is 13.3 Å². The summed E-state index contributed by atoms with van der Waals surface area (Å²) >= 11 is 0. The smallest absolute Gasteiger partial charge is 0.313 e. The van der Waals surface area contributed by atoms with E-state index < -0.39 is 5.60 Å². The summed E-state index contributed by atoms with van der Waals surface area (Å²) < 4.78 is 5.85. The average Bonchev–Trinajstić information content (AvgIpc) is 3.14. The number of aryl methyl sites for hydroxylation is 1. The van der Waals surface area contributed by atoms with Crippen molar-refractivity contribution < 1.29 is 19.1 Å². The molecule has 1 heterocycles. The first-order chi connectivity index (χ1) is 12.9. The quantitative estimate of drug-likeness (QED) is 0.612. The zero-order valence-corrected chi connectivity index (χ0v) is 16.3. The first-order valence-electron chi connectivity index (χ1n) is 9.97. The highest BCUT2D eigenvalue weighted by molar-refractivity contribution is 5.98. The SMILES string of the molecule is CC(=O)NC(C)c1ccc(CCC2(C3CCCC3)CC(=O)CC(=O)O2)cc1. The van der Waals surface area contributed by atoms with E-state index in [1.54, 1.807) is 0 Å². The van der Waals surface area contributed by atoms with Gasteiger partial charge in [-0.25, -0.2) is 0 Å². The van der Waals surface area contributed by atoms with Crippen molar-refractivity contribution in [2.75, 3.05) is 0 Å². The maximum atomic E-state index is 12.1. The van der Waals surface area contributed by atoms with Gasteiger partial charge in [0.05, 0.1) is 6.04 Å². The number of Topliss-reactive ketones (excluding diaryl/α,β-unsaturated/α-hetero) is 1. The molecule has 3 rings (SSSR count). The van der Waals surface area contributed by atoms with Crippen molar-refractivity contribution in [1.29, 1.82) is 0 Å². The molecular weight excluding hydrogens is 342 g/mol. The molecule has 0 bridgehead atoms. The van der Waals surface area contributed by atoms with Gasteiger partial charge in [0.15, 0.2) is 0 Å². The minimum absolute atomic E-state index is 0.0117. The number of cyclic esters (lactones) is 1. The Morgan fingerprint density at radius 2 is 1.89 bits per heavy atom. The van der Waals surface area contributed by atoms with Crippen LogP contribution in [-0.2, 0) is 25.5 Å². The second-order valence-corrected chi connectivity index (χ2v) is 8.08. The van der Waals surface area contributed by atoms with Crippen LogP contribution in [0.25, 0.3) is 0 Å². The van der Waals surface area contributed by atoms with E-state index in [1.807, 2.05) is 19.1 Å². The van der Waals surface area contributed by atoms with Crippen molar-refractivity contribution in [2.45, 2.75) is 76.9 Å². The van der Waals surface area contributed by atoms with Crippen LogP contribution in [0, 0.1) is 5.92 Å². The Balaban J connectivity index is 1.69. The summed E-state index contributed by atoms with van der Waals surface area (Å²) in [4.78, 5) is 35.3. The van der Waals surface area contributed by atoms with E-state index in [1.165, 1.54) is 6.92 Å². The fourth-order valence-corrected chi connectivity index (χ4v) is 4.60. The molecule has 1 aliphatic carbocycles. The van der Waals surface area contributed by atoms with Gasteiger partial charge >= 0.3 is 5.97 Å². The summed E-state index contributed by atoms with van der Waals surface area (Å²) in [6, 6.07) is 8.13. The molecule has 146 valence electrons. The van der Waals surface area contributed by atoms with Gasteiger partial charge in [-0.15, -0.1) is 0 Å². The third kappa shape index (κ3) is 4.76. The molecule has 1 aliphatic heterocycles. The number of esters is 1. The maximum absolute atomic E-state index is 12.1. The molecule has 5 nitrogen and oxygen atoms in total. The number of ketones is 1. The molecule has 1 aromatic carbocycles. The molecular formula is C22H29NO4.